The molecule has 6 heteroatoms. The Morgan fingerprint density at radius 3 is 2.77 bits per heavy atom. The van der Waals surface area contributed by atoms with Gasteiger partial charge < -0.3 is 4.84 Å². The van der Waals surface area contributed by atoms with E-state index < -0.39 is 5.97 Å². The van der Waals surface area contributed by atoms with Gasteiger partial charge in [-0.1, -0.05) is 46.6 Å². The first-order valence-electron chi connectivity index (χ1n) is 6.60. The fourth-order valence-electron chi connectivity index (χ4n) is 2.09. The highest BCUT2D eigenvalue weighted by molar-refractivity contribution is 7.99. The topological polar surface area (TPSA) is 38.7 Å². The summed E-state index contributed by atoms with van der Waals surface area (Å²) >= 11 is 13.5. The summed E-state index contributed by atoms with van der Waals surface area (Å²) in [6, 6.07) is 12.5. The Labute approximate surface area is 142 Å². The number of benzene rings is 2. The number of hydrogen-bond donors (Lipinski definition) is 0. The van der Waals surface area contributed by atoms with E-state index in [1.165, 1.54) is 6.07 Å². The first-order valence-corrected chi connectivity index (χ1v) is 8.35. The Balaban J connectivity index is 1.79. The van der Waals surface area contributed by atoms with E-state index in [4.69, 9.17) is 28.0 Å². The summed E-state index contributed by atoms with van der Waals surface area (Å²) < 4.78 is 0. The van der Waals surface area contributed by atoms with Gasteiger partial charge in [0.05, 0.1) is 21.3 Å². The van der Waals surface area contributed by atoms with Crippen LogP contribution in [0, 0.1) is 0 Å². The van der Waals surface area contributed by atoms with E-state index in [9.17, 15) is 4.79 Å². The summed E-state index contributed by atoms with van der Waals surface area (Å²) in [5.74, 6) is 0.363. The second-order valence-electron chi connectivity index (χ2n) is 4.64. The van der Waals surface area contributed by atoms with Crippen molar-refractivity contribution in [2.24, 2.45) is 5.16 Å². The first-order chi connectivity index (χ1) is 10.6. The minimum absolute atomic E-state index is 0.309. The molecular formula is C16H11Cl2NO2S. The van der Waals surface area contributed by atoms with Crippen LogP contribution in [0.2, 0.25) is 10.0 Å². The second-order valence-corrected chi connectivity index (χ2v) is 6.59. The monoisotopic (exact) mass is 351 g/mol. The van der Waals surface area contributed by atoms with Gasteiger partial charge in [0.25, 0.3) is 0 Å². The van der Waals surface area contributed by atoms with Gasteiger partial charge in [0.1, 0.15) is 0 Å². The van der Waals surface area contributed by atoms with Gasteiger partial charge in [-0.05, 0) is 24.3 Å². The van der Waals surface area contributed by atoms with Gasteiger partial charge in [0.15, 0.2) is 0 Å². The van der Waals surface area contributed by atoms with E-state index in [0.717, 1.165) is 28.3 Å². The number of rotatable bonds is 2. The van der Waals surface area contributed by atoms with Crippen molar-refractivity contribution in [3.63, 3.8) is 0 Å². The Hall–Kier alpha value is -1.49. The maximum absolute atomic E-state index is 12.0. The van der Waals surface area contributed by atoms with Gasteiger partial charge in [0, 0.05) is 22.6 Å². The molecule has 0 atom stereocenters. The third kappa shape index (κ3) is 3.29. The SMILES string of the molecule is O=C(ON=C1CCSc2ccccc21)c1ccc(Cl)c(Cl)c1. The van der Waals surface area contributed by atoms with Crippen LogP contribution in [0.3, 0.4) is 0 Å². The molecule has 0 radical (unpaired) electrons. The molecule has 0 amide bonds. The summed E-state index contributed by atoms with van der Waals surface area (Å²) in [6.07, 6.45) is 0.760. The fourth-order valence-corrected chi connectivity index (χ4v) is 3.42. The van der Waals surface area contributed by atoms with E-state index in [2.05, 4.69) is 5.16 Å². The smallest absolute Gasteiger partial charge is 0.313 e. The summed E-state index contributed by atoms with van der Waals surface area (Å²) in [6.45, 7) is 0. The Morgan fingerprint density at radius 1 is 1.14 bits per heavy atom. The predicted molar refractivity (Wildman–Crippen MR) is 90.2 cm³/mol. The molecule has 3 rings (SSSR count). The van der Waals surface area contributed by atoms with Crippen LogP contribution in [0.25, 0.3) is 0 Å². The average Bonchev–Trinajstić information content (AvgIpc) is 2.55. The molecule has 2 aromatic carbocycles. The van der Waals surface area contributed by atoms with Crippen molar-refractivity contribution in [2.75, 3.05) is 5.75 Å². The number of carbonyl (C=O) groups excluding carboxylic acids is 1. The van der Waals surface area contributed by atoms with Crippen molar-refractivity contribution in [3.05, 3.63) is 63.6 Å². The quantitative estimate of drug-likeness (QED) is 0.561. The number of fused-ring (bicyclic) bond motifs is 1. The molecule has 0 aromatic heterocycles. The maximum Gasteiger partial charge on any atom is 0.365 e. The van der Waals surface area contributed by atoms with Gasteiger partial charge in [-0.15, -0.1) is 11.8 Å². The molecule has 0 fully saturated rings. The lowest BCUT2D eigenvalue weighted by Gasteiger charge is -2.16. The maximum atomic E-state index is 12.0. The molecule has 0 bridgehead atoms. The molecule has 1 aliphatic heterocycles. The molecule has 2 aromatic rings. The molecule has 0 N–H and O–H groups in total. The van der Waals surface area contributed by atoms with Gasteiger partial charge in [-0.2, -0.15) is 0 Å². The predicted octanol–water partition coefficient (Wildman–Crippen LogP) is 5.05. The van der Waals surface area contributed by atoms with Crippen LogP contribution in [0.15, 0.2) is 52.5 Å². The molecule has 112 valence electrons. The van der Waals surface area contributed by atoms with Gasteiger partial charge in [-0.3, -0.25) is 0 Å². The highest BCUT2D eigenvalue weighted by Gasteiger charge is 2.17. The molecule has 1 heterocycles. The molecule has 0 saturated heterocycles. The number of thioether (sulfide) groups is 1. The molecule has 0 saturated carbocycles. The van der Waals surface area contributed by atoms with Crippen LogP contribution >= 0.6 is 35.0 Å². The van der Waals surface area contributed by atoms with Crippen LogP contribution in [-0.4, -0.2) is 17.4 Å². The number of carbonyl (C=O) groups is 1. The summed E-state index contributed by atoms with van der Waals surface area (Å²) in [4.78, 5) is 18.2. The third-order valence-corrected chi connectivity index (χ3v) is 5.00. The lowest BCUT2D eigenvalue weighted by atomic mass is 10.1. The summed E-state index contributed by atoms with van der Waals surface area (Å²) in [5, 5.41) is 4.73. The highest BCUT2D eigenvalue weighted by Crippen LogP contribution is 2.30. The first kappa shape index (κ1) is 15.4. The molecule has 0 aliphatic carbocycles. The van der Waals surface area contributed by atoms with Gasteiger partial charge >= 0.3 is 5.97 Å². The Bertz CT molecular complexity index is 762. The van der Waals surface area contributed by atoms with E-state index in [1.54, 1.807) is 23.9 Å². The Morgan fingerprint density at radius 2 is 1.95 bits per heavy atom. The molecule has 0 unspecified atom stereocenters. The Kier molecular flexibility index (Phi) is 4.71. The number of oxime groups is 1. The summed E-state index contributed by atoms with van der Waals surface area (Å²) in [5.41, 5.74) is 2.11. The lowest BCUT2D eigenvalue weighted by molar-refractivity contribution is 0.0516. The number of nitrogens with zero attached hydrogens (tertiary/aromatic N) is 1. The van der Waals surface area contributed by atoms with Crippen molar-refractivity contribution in [2.45, 2.75) is 11.3 Å². The number of halogens is 2. The van der Waals surface area contributed by atoms with Crippen LogP contribution in [0.1, 0.15) is 22.3 Å². The molecule has 22 heavy (non-hydrogen) atoms. The molecule has 1 aliphatic rings. The minimum atomic E-state index is -0.554. The zero-order chi connectivity index (χ0) is 15.5. The standard InChI is InChI=1S/C16H11Cl2NO2S/c17-12-6-5-10(9-13(12)18)16(20)21-19-14-7-8-22-15-4-2-1-3-11(14)15/h1-6,9H,7-8H2. The highest BCUT2D eigenvalue weighted by atomic mass is 35.5. The van der Waals surface area contributed by atoms with E-state index in [0.29, 0.717) is 15.6 Å². The van der Waals surface area contributed by atoms with Crippen molar-refractivity contribution in [1.29, 1.82) is 0 Å². The van der Waals surface area contributed by atoms with Crippen molar-refractivity contribution < 1.29 is 9.63 Å². The normalized spacial score (nSPS) is 15.5. The van der Waals surface area contributed by atoms with Crippen LogP contribution < -0.4 is 0 Å². The second kappa shape index (κ2) is 6.73. The zero-order valence-electron chi connectivity index (χ0n) is 11.4. The van der Waals surface area contributed by atoms with E-state index >= 15 is 0 Å². The van der Waals surface area contributed by atoms with Crippen LogP contribution in [0.4, 0.5) is 0 Å². The van der Waals surface area contributed by atoms with E-state index in [1.807, 2.05) is 24.3 Å². The molecule has 3 nitrogen and oxygen atoms in total. The van der Waals surface area contributed by atoms with E-state index in [-0.39, 0.29) is 0 Å². The molecular weight excluding hydrogens is 341 g/mol. The van der Waals surface area contributed by atoms with Gasteiger partial charge in [-0.25, -0.2) is 4.79 Å². The number of hydrogen-bond acceptors (Lipinski definition) is 4. The fraction of sp³-hybridized carbons (Fsp3) is 0.125. The van der Waals surface area contributed by atoms with Crippen LogP contribution in [-0.2, 0) is 4.84 Å². The average molecular weight is 352 g/mol. The summed E-state index contributed by atoms with van der Waals surface area (Å²) in [7, 11) is 0. The van der Waals surface area contributed by atoms with Crippen molar-refractivity contribution in [1.82, 2.24) is 0 Å². The van der Waals surface area contributed by atoms with Crippen LogP contribution in [0.5, 0.6) is 0 Å². The minimum Gasteiger partial charge on any atom is -0.313 e. The molecule has 0 spiro atoms. The van der Waals surface area contributed by atoms with Crippen molar-refractivity contribution in [3.8, 4) is 0 Å². The largest absolute Gasteiger partial charge is 0.365 e. The van der Waals surface area contributed by atoms with Crippen molar-refractivity contribution >= 4 is 46.6 Å². The lowest BCUT2D eigenvalue weighted by Crippen LogP contribution is -2.11. The third-order valence-electron chi connectivity index (χ3n) is 3.19. The zero-order valence-corrected chi connectivity index (χ0v) is 13.7. The van der Waals surface area contributed by atoms with Gasteiger partial charge in [0.2, 0.25) is 0 Å².